The van der Waals surface area contributed by atoms with Crippen molar-refractivity contribution in [3.8, 4) is 0 Å². The number of rotatable bonds is 1. The first kappa shape index (κ1) is 13.8. The van der Waals surface area contributed by atoms with Gasteiger partial charge < -0.3 is 10.2 Å². The number of fused-ring (bicyclic) bond motifs is 2. The Hall–Kier alpha value is -0.580. The predicted octanol–water partition coefficient (Wildman–Crippen LogP) is 2.44. The molecular weight excluding hydrogens is 268 g/mol. The van der Waals surface area contributed by atoms with Crippen LogP contribution in [0.25, 0.3) is 0 Å². The summed E-state index contributed by atoms with van der Waals surface area (Å²) in [4.78, 5) is 14.4. The highest BCUT2D eigenvalue weighted by Crippen LogP contribution is 2.23. The molecule has 3 nitrogen and oxygen atoms in total. The molecule has 2 bridgehead atoms. The smallest absolute Gasteiger partial charge is 0.255 e. The summed E-state index contributed by atoms with van der Waals surface area (Å²) in [5, 5.41) is 7.64. The highest BCUT2D eigenvalue weighted by atomic mass is 35.5. The molecule has 0 spiro atoms. The Morgan fingerprint density at radius 1 is 1.33 bits per heavy atom. The first-order chi connectivity index (χ1) is 8.24. The van der Waals surface area contributed by atoms with E-state index in [2.05, 4.69) is 10.7 Å². The first-order valence-electron chi connectivity index (χ1n) is 6.32. The molecule has 18 heavy (non-hydrogen) atoms. The number of nitrogens with one attached hydrogen (secondary N) is 1. The molecule has 2 aliphatic heterocycles. The molecule has 0 aliphatic carbocycles. The molecular formula is C13H19ClN2OS. The molecule has 100 valence electrons. The maximum Gasteiger partial charge on any atom is 0.255 e. The molecule has 2 aliphatic rings. The standard InChI is InChI=1S/C13H18N2OS.ClH/c1-9-7-17-8-12(9)13(16)15-5-4-10-2-3-11(6-15)14-10;/h7-8,10-11,14H,2-6H2,1H3;1H. The van der Waals surface area contributed by atoms with Crippen molar-refractivity contribution in [3.63, 3.8) is 0 Å². The van der Waals surface area contributed by atoms with Gasteiger partial charge in [-0.2, -0.15) is 11.3 Å². The number of hydrogen-bond donors (Lipinski definition) is 1. The summed E-state index contributed by atoms with van der Waals surface area (Å²) in [6, 6.07) is 1.16. The Kier molecular flexibility index (Phi) is 4.30. The Balaban J connectivity index is 0.00000120. The van der Waals surface area contributed by atoms with E-state index in [1.54, 1.807) is 11.3 Å². The minimum Gasteiger partial charge on any atom is -0.337 e. The van der Waals surface area contributed by atoms with Gasteiger partial charge in [0.05, 0.1) is 5.56 Å². The van der Waals surface area contributed by atoms with Crippen molar-refractivity contribution in [2.75, 3.05) is 13.1 Å². The highest BCUT2D eigenvalue weighted by molar-refractivity contribution is 7.08. The number of amides is 1. The summed E-state index contributed by atoms with van der Waals surface area (Å²) >= 11 is 1.62. The first-order valence-corrected chi connectivity index (χ1v) is 7.26. The van der Waals surface area contributed by atoms with E-state index in [0.29, 0.717) is 12.1 Å². The van der Waals surface area contributed by atoms with Gasteiger partial charge in [0.15, 0.2) is 0 Å². The van der Waals surface area contributed by atoms with Crippen molar-refractivity contribution in [2.45, 2.75) is 38.3 Å². The Morgan fingerprint density at radius 3 is 2.83 bits per heavy atom. The Labute approximate surface area is 118 Å². The van der Waals surface area contributed by atoms with E-state index < -0.39 is 0 Å². The average Bonchev–Trinajstić information content (AvgIpc) is 2.84. The summed E-state index contributed by atoms with van der Waals surface area (Å²) in [5.74, 6) is 0.220. The van der Waals surface area contributed by atoms with Crippen LogP contribution >= 0.6 is 23.7 Å². The van der Waals surface area contributed by atoms with Crippen molar-refractivity contribution in [1.29, 1.82) is 0 Å². The van der Waals surface area contributed by atoms with Gasteiger partial charge in [0.2, 0.25) is 0 Å². The molecule has 0 saturated carbocycles. The Bertz CT molecular complexity index is 434. The molecule has 1 aromatic heterocycles. The summed E-state index contributed by atoms with van der Waals surface area (Å²) in [5.41, 5.74) is 2.01. The minimum atomic E-state index is 0. The van der Waals surface area contributed by atoms with Crippen molar-refractivity contribution in [2.24, 2.45) is 0 Å². The number of carbonyl (C=O) groups excluding carboxylic acids is 1. The van der Waals surface area contributed by atoms with Crippen LogP contribution in [0.5, 0.6) is 0 Å². The van der Waals surface area contributed by atoms with Gasteiger partial charge in [-0.25, -0.2) is 0 Å². The molecule has 2 atom stereocenters. The van der Waals surface area contributed by atoms with Crippen LogP contribution in [0, 0.1) is 6.92 Å². The van der Waals surface area contributed by atoms with Crippen LogP contribution in [-0.4, -0.2) is 36.0 Å². The lowest BCUT2D eigenvalue weighted by atomic mass is 10.1. The predicted molar refractivity (Wildman–Crippen MR) is 76.8 cm³/mol. The molecule has 1 N–H and O–H groups in total. The van der Waals surface area contributed by atoms with Gasteiger partial charge in [0, 0.05) is 30.6 Å². The summed E-state index contributed by atoms with van der Waals surface area (Å²) in [6.07, 6.45) is 3.60. The van der Waals surface area contributed by atoms with Crippen LogP contribution in [0.1, 0.15) is 35.2 Å². The second kappa shape index (κ2) is 5.59. The van der Waals surface area contributed by atoms with Crippen LogP contribution in [0.4, 0.5) is 0 Å². The quantitative estimate of drug-likeness (QED) is 0.860. The molecule has 2 fully saturated rings. The molecule has 1 amide bonds. The fourth-order valence-electron chi connectivity index (χ4n) is 2.88. The van der Waals surface area contributed by atoms with Crippen LogP contribution in [0.15, 0.2) is 10.8 Å². The molecule has 5 heteroatoms. The van der Waals surface area contributed by atoms with Crippen molar-refractivity contribution in [1.82, 2.24) is 10.2 Å². The molecule has 1 aromatic rings. The normalized spacial score (nSPS) is 26.6. The van der Waals surface area contributed by atoms with Gasteiger partial charge >= 0.3 is 0 Å². The largest absolute Gasteiger partial charge is 0.337 e. The third-order valence-corrected chi connectivity index (χ3v) is 4.76. The van der Waals surface area contributed by atoms with E-state index in [-0.39, 0.29) is 18.3 Å². The molecule has 3 rings (SSSR count). The van der Waals surface area contributed by atoms with Crippen LogP contribution in [0.3, 0.4) is 0 Å². The second-order valence-electron chi connectivity index (χ2n) is 5.15. The highest BCUT2D eigenvalue weighted by Gasteiger charge is 2.31. The van der Waals surface area contributed by atoms with Crippen LogP contribution in [0.2, 0.25) is 0 Å². The van der Waals surface area contributed by atoms with Gasteiger partial charge in [-0.1, -0.05) is 0 Å². The Morgan fingerprint density at radius 2 is 2.11 bits per heavy atom. The number of carbonyl (C=O) groups is 1. The maximum absolute atomic E-state index is 12.4. The van der Waals surface area contributed by atoms with Gasteiger partial charge in [-0.3, -0.25) is 4.79 Å². The molecule has 0 aromatic carbocycles. The number of likely N-dealkylation sites (tertiary alicyclic amines) is 1. The minimum absolute atomic E-state index is 0. The van der Waals surface area contributed by atoms with Gasteiger partial charge in [0.1, 0.15) is 0 Å². The topological polar surface area (TPSA) is 32.3 Å². The van der Waals surface area contributed by atoms with E-state index >= 15 is 0 Å². The number of hydrogen-bond acceptors (Lipinski definition) is 3. The lowest BCUT2D eigenvalue weighted by Crippen LogP contribution is -2.39. The van der Waals surface area contributed by atoms with E-state index in [1.165, 1.54) is 12.8 Å². The molecule has 2 saturated heterocycles. The van der Waals surface area contributed by atoms with E-state index in [0.717, 1.165) is 30.6 Å². The fourth-order valence-corrected chi connectivity index (χ4v) is 3.70. The zero-order chi connectivity index (χ0) is 11.8. The average molecular weight is 287 g/mol. The summed E-state index contributed by atoms with van der Waals surface area (Å²) in [7, 11) is 0. The van der Waals surface area contributed by atoms with Crippen molar-refractivity contribution >= 4 is 29.7 Å². The number of nitrogens with zero attached hydrogens (tertiary/aromatic N) is 1. The van der Waals surface area contributed by atoms with Crippen molar-refractivity contribution < 1.29 is 4.79 Å². The molecule has 2 unspecified atom stereocenters. The lowest BCUT2D eigenvalue weighted by molar-refractivity contribution is 0.0748. The maximum atomic E-state index is 12.4. The van der Waals surface area contributed by atoms with E-state index in [1.807, 2.05) is 17.2 Å². The van der Waals surface area contributed by atoms with Gasteiger partial charge in [-0.15, -0.1) is 12.4 Å². The third-order valence-electron chi connectivity index (χ3n) is 3.90. The third kappa shape index (κ3) is 2.56. The number of aryl methyl sites for hydroxylation is 1. The summed E-state index contributed by atoms with van der Waals surface area (Å²) in [6.45, 7) is 3.80. The van der Waals surface area contributed by atoms with Crippen molar-refractivity contribution in [3.05, 3.63) is 21.9 Å². The zero-order valence-corrected chi connectivity index (χ0v) is 12.1. The van der Waals surface area contributed by atoms with E-state index in [9.17, 15) is 4.79 Å². The zero-order valence-electron chi connectivity index (χ0n) is 10.5. The van der Waals surface area contributed by atoms with Crippen LogP contribution in [-0.2, 0) is 0 Å². The van der Waals surface area contributed by atoms with Crippen LogP contribution < -0.4 is 5.32 Å². The summed E-state index contributed by atoms with van der Waals surface area (Å²) < 4.78 is 0. The van der Waals surface area contributed by atoms with Gasteiger partial charge in [-0.05, 0) is 37.1 Å². The SMILES string of the molecule is Cc1cscc1C(=O)N1CCC2CCC(C1)N2.Cl. The fraction of sp³-hybridized carbons (Fsp3) is 0.615. The second-order valence-corrected chi connectivity index (χ2v) is 5.89. The van der Waals surface area contributed by atoms with E-state index in [4.69, 9.17) is 0 Å². The number of halogens is 1. The van der Waals surface area contributed by atoms with Gasteiger partial charge in [0.25, 0.3) is 5.91 Å². The monoisotopic (exact) mass is 286 g/mol. The molecule has 0 radical (unpaired) electrons. The molecule has 3 heterocycles. The lowest BCUT2D eigenvalue weighted by Gasteiger charge is -2.24. The number of thiophene rings is 1.